The zero-order valence-corrected chi connectivity index (χ0v) is 11.4. The molecule has 0 fully saturated rings. The standard InChI is InChI=1S/C15H13F3N2O2/c16-15(17,18)22-11-6-7-13(19)12(8-11)14(21)20-9-10-4-2-1-3-5-10/h1-8H,9,19H2,(H,20,21). The van der Waals surface area contributed by atoms with Gasteiger partial charge in [-0.25, -0.2) is 0 Å². The van der Waals surface area contributed by atoms with Crippen LogP contribution in [0, 0.1) is 0 Å². The average molecular weight is 310 g/mol. The van der Waals surface area contributed by atoms with Gasteiger partial charge in [-0.3, -0.25) is 4.79 Å². The van der Waals surface area contributed by atoms with E-state index in [1.807, 2.05) is 30.3 Å². The molecule has 0 radical (unpaired) electrons. The molecule has 4 nitrogen and oxygen atoms in total. The molecule has 0 heterocycles. The van der Waals surface area contributed by atoms with Crippen LogP contribution in [-0.4, -0.2) is 12.3 Å². The fourth-order valence-electron chi connectivity index (χ4n) is 1.80. The van der Waals surface area contributed by atoms with Crippen LogP contribution in [0.3, 0.4) is 0 Å². The normalized spacial score (nSPS) is 11.0. The minimum Gasteiger partial charge on any atom is -0.406 e. The smallest absolute Gasteiger partial charge is 0.406 e. The molecule has 0 saturated heterocycles. The van der Waals surface area contributed by atoms with Crippen LogP contribution in [0.5, 0.6) is 5.75 Å². The third-order valence-electron chi connectivity index (χ3n) is 2.80. The molecule has 2 aromatic rings. The molecule has 1 amide bonds. The minimum atomic E-state index is -4.83. The molecule has 2 aromatic carbocycles. The summed E-state index contributed by atoms with van der Waals surface area (Å²) >= 11 is 0. The summed E-state index contributed by atoms with van der Waals surface area (Å²) < 4.78 is 40.3. The lowest BCUT2D eigenvalue weighted by molar-refractivity contribution is -0.274. The van der Waals surface area contributed by atoms with Crippen LogP contribution >= 0.6 is 0 Å². The predicted octanol–water partition coefficient (Wildman–Crippen LogP) is 3.10. The summed E-state index contributed by atoms with van der Waals surface area (Å²) in [6.07, 6.45) is -4.83. The second-order valence-electron chi connectivity index (χ2n) is 4.47. The maximum absolute atomic E-state index is 12.2. The quantitative estimate of drug-likeness (QED) is 0.853. The summed E-state index contributed by atoms with van der Waals surface area (Å²) in [5, 5.41) is 2.59. The van der Waals surface area contributed by atoms with E-state index in [4.69, 9.17) is 5.73 Å². The lowest BCUT2D eigenvalue weighted by Crippen LogP contribution is -2.24. The van der Waals surface area contributed by atoms with Crippen molar-refractivity contribution in [2.75, 3.05) is 5.73 Å². The lowest BCUT2D eigenvalue weighted by atomic mass is 10.1. The molecule has 116 valence electrons. The molecule has 0 unspecified atom stereocenters. The maximum Gasteiger partial charge on any atom is 0.573 e. The van der Waals surface area contributed by atoms with Crippen LogP contribution in [-0.2, 0) is 6.54 Å². The molecule has 0 aliphatic carbocycles. The molecule has 0 aromatic heterocycles. The van der Waals surface area contributed by atoms with Crippen molar-refractivity contribution in [2.45, 2.75) is 12.9 Å². The van der Waals surface area contributed by atoms with E-state index in [1.54, 1.807) is 0 Å². The van der Waals surface area contributed by atoms with Gasteiger partial charge in [0.2, 0.25) is 0 Å². The first-order valence-electron chi connectivity index (χ1n) is 6.32. The zero-order chi connectivity index (χ0) is 16.2. The Morgan fingerprint density at radius 3 is 2.45 bits per heavy atom. The van der Waals surface area contributed by atoms with Gasteiger partial charge in [0.15, 0.2) is 0 Å². The van der Waals surface area contributed by atoms with E-state index in [9.17, 15) is 18.0 Å². The van der Waals surface area contributed by atoms with Crippen LogP contribution in [0.15, 0.2) is 48.5 Å². The number of hydrogen-bond acceptors (Lipinski definition) is 3. The molecule has 0 bridgehead atoms. The Bertz CT molecular complexity index is 658. The first-order valence-corrected chi connectivity index (χ1v) is 6.32. The molecule has 0 saturated carbocycles. The maximum atomic E-state index is 12.2. The van der Waals surface area contributed by atoms with Gasteiger partial charge in [0.05, 0.1) is 5.56 Å². The number of anilines is 1. The van der Waals surface area contributed by atoms with Crippen molar-refractivity contribution in [3.8, 4) is 5.75 Å². The van der Waals surface area contributed by atoms with E-state index in [-0.39, 0.29) is 17.8 Å². The number of nitrogens with one attached hydrogen (secondary N) is 1. The van der Waals surface area contributed by atoms with E-state index in [2.05, 4.69) is 10.1 Å². The van der Waals surface area contributed by atoms with Crippen molar-refractivity contribution in [3.63, 3.8) is 0 Å². The highest BCUT2D eigenvalue weighted by Gasteiger charge is 2.31. The number of nitrogen functional groups attached to an aromatic ring is 1. The molecule has 22 heavy (non-hydrogen) atoms. The summed E-state index contributed by atoms with van der Waals surface area (Å²) in [6, 6.07) is 12.3. The highest BCUT2D eigenvalue weighted by molar-refractivity contribution is 5.99. The predicted molar refractivity (Wildman–Crippen MR) is 75.1 cm³/mol. The van der Waals surface area contributed by atoms with E-state index in [0.29, 0.717) is 0 Å². The number of hydrogen-bond donors (Lipinski definition) is 2. The van der Waals surface area contributed by atoms with Gasteiger partial charge in [-0.15, -0.1) is 13.2 Å². The number of rotatable bonds is 4. The van der Waals surface area contributed by atoms with Gasteiger partial charge < -0.3 is 15.8 Å². The third-order valence-corrected chi connectivity index (χ3v) is 2.80. The van der Waals surface area contributed by atoms with Crippen LogP contribution in [0.1, 0.15) is 15.9 Å². The topological polar surface area (TPSA) is 64.3 Å². The van der Waals surface area contributed by atoms with Crippen molar-refractivity contribution in [1.82, 2.24) is 5.32 Å². The Hall–Kier alpha value is -2.70. The van der Waals surface area contributed by atoms with Crippen LogP contribution < -0.4 is 15.8 Å². The highest BCUT2D eigenvalue weighted by Crippen LogP contribution is 2.26. The minimum absolute atomic E-state index is 0.0695. The highest BCUT2D eigenvalue weighted by atomic mass is 19.4. The molecular weight excluding hydrogens is 297 g/mol. The summed E-state index contributed by atoms with van der Waals surface area (Å²) in [5.74, 6) is -1.07. The number of ether oxygens (including phenoxy) is 1. The summed E-state index contributed by atoms with van der Waals surface area (Å²) in [6.45, 7) is 0.240. The molecule has 0 atom stereocenters. The second kappa shape index (κ2) is 6.38. The Kier molecular flexibility index (Phi) is 4.55. The lowest BCUT2D eigenvalue weighted by Gasteiger charge is -2.12. The largest absolute Gasteiger partial charge is 0.573 e. The number of carbonyl (C=O) groups excluding carboxylic acids is 1. The van der Waals surface area contributed by atoms with Gasteiger partial charge in [-0.1, -0.05) is 30.3 Å². The van der Waals surface area contributed by atoms with Gasteiger partial charge in [0.25, 0.3) is 5.91 Å². The van der Waals surface area contributed by atoms with Gasteiger partial charge in [-0.2, -0.15) is 0 Å². The summed E-state index contributed by atoms with van der Waals surface area (Å²) in [7, 11) is 0. The monoisotopic (exact) mass is 310 g/mol. The van der Waals surface area contributed by atoms with E-state index >= 15 is 0 Å². The van der Waals surface area contributed by atoms with Crippen LogP contribution in [0.2, 0.25) is 0 Å². The Balaban J connectivity index is 2.10. The fourth-order valence-corrected chi connectivity index (χ4v) is 1.80. The van der Waals surface area contributed by atoms with E-state index in [1.165, 1.54) is 6.07 Å². The van der Waals surface area contributed by atoms with Gasteiger partial charge in [0.1, 0.15) is 5.75 Å². The Morgan fingerprint density at radius 1 is 1.14 bits per heavy atom. The fraction of sp³-hybridized carbons (Fsp3) is 0.133. The van der Waals surface area contributed by atoms with Gasteiger partial charge >= 0.3 is 6.36 Å². The van der Waals surface area contributed by atoms with Crippen molar-refractivity contribution >= 4 is 11.6 Å². The molecule has 0 aliphatic rings. The van der Waals surface area contributed by atoms with Gasteiger partial charge in [-0.05, 0) is 23.8 Å². The zero-order valence-electron chi connectivity index (χ0n) is 11.4. The Labute approximate surface area is 124 Å². The van der Waals surface area contributed by atoms with Crippen LogP contribution in [0.4, 0.5) is 18.9 Å². The van der Waals surface area contributed by atoms with Crippen molar-refractivity contribution in [3.05, 3.63) is 59.7 Å². The third kappa shape index (κ3) is 4.41. The van der Waals surface area contributed by atoms with E-state index in [0.717, 1.165) is 17.7 Å². The number of carbonyl (C=O) groups is 1. The molecule has 2 rings (SSSR count). The number of nitrogens with two attached hydrogens (primary N) is 1. The van der Waals surface area contributed by atoms with Crippen molar-refractivity contribution < 1.29 is 22.7 Å². The Morgan fingerprint density at radius 2 is 1.82 bits per heavy atom. The summed E-state index contributed by atoms with van der Waals surface area (Å²) in [4.78, 5) is 12.0. The number of amides is 1. The summed E-state index contributed by atoms with van der Waals surface area (Å²) in [5.41, 5.74) is 6.48. The first-order chi connectivity index (χ1) is 10.3. The van der Waals surface area contributed by atoms with Crippen molar-refractivity contribution in [1.29, 1.82) is 0 Å². The van der Waals surface area contributed by atoms with Crippen molar-refractivity contribution in [2.24, 2.45) is 0 Å². The number of halogens is 3. The molecule has 3 N–H and O–H groups in total. The first kappa shape index (κ1) is 15.7. The molecular formula is C15H13F3N2O2. The number of benzene rings is 2. The van der Waals surface area contributed by atoms with Crippen LogP contribution in [0.25, 0.3) is 0 Å². The van der Waals surface area contributed by atoms with E-state index < -0.39 is 18.0 Å². The average Bonchev–Trinajstić information content (AvgIpc) is 2.46. The SMILES string of the molecule is Nc1ccc(OC(F)(F)F)cc1C(=O)NCc1ccccc1. The molecule has 0 spiro atoms. The second-order valence-corrected chi connectivity index (χ2v) is 4.47. The number of alkyl halides is 3. The van der Waals surface area contributed by atoms with Gasteiger partial charge in [0, 0.05) is 12.2 Å². The molecule has 7 heteroatoms. The molecule has 0 aliphatic heterocycles.